The molecular weight excluding hydrogens is 517 g/mol. The van der Waals surface area contributed by atoms with Gasteiger partial charge in [0, 0.05) is 29.2 Å². The van der Waals surface area contributed by atoms with Crippen LogP contribution < -0.4 is 21.3 Å². The van der Waals surface area contributed by atoms with E-state index >= 15 is 0 Å². The van der Waals surface area contributed by atoms with Crippen LogP contribution in [0.3, 0.4) is 0 Å². The van der Waals surface area contributed by atoms with Gasteiger partial charge in [-0.2, -0.15) is 13.2 Å². The molecule has 4 N–H and O–H groups in total. The molecule has 0 heterocycles. The van der Waals surface area contributed by atoms with Gasteiger partial charge in [-0.25, -0.2) is 0 Å². The lowest BCUT2D eigenvalue weighted by Gasteiger charge is -2.25. The molecule has 0 saturated carbocycles. The molecule has 184 valence electrons. The highest BCUT2D eigenvalue weighted by Gasteiger charge is 2.31. The summed E-state index contributed by atoms with van der Waals surface area (Å²) in [6, 6.07) is 10.1. The smallest absolute Gasteiger partial charge is 0.355 e. The van der Waals surface area contributed by atoms with Gasteiger partial charge in [-0.1, -0.05) is 34.1 Å². The maximum Gasteiger partial charge on any atom is 0.416 e. The minimum atomic E-state index is -4.59. The monoisotopic (exact) mass is 542 g/mol. The van der Waals surface area contributed by atoms with Gasteiger partial charge >= 0.3 is 6.18 Å². The van der Waals surface area contributed by atoms with Gasteiger partial charge in [-0.3, -0.25) is 14.4 Å². The van der Waals surface area contributed by atoms with Crippen LogP contribution in [0.2, 0.25) is 0 Å². The van der Waals surface area contributed by atoms with Gasteiger partial charge in [0.2, 0.25) is 11.8 Å². The predicted octanol–water partition coefficient (Wildman–Crippen LogP) is 3.00. The van der Waals surface area contributed by atoms with Crippen LogP contribution in [0.4, 0.5) is 13.2 Å². The molecule has 2 atom stereocenters. The van der Waals surface area contributed by atoms with Crippen molar-refractivity contribution in [2.45, 2.75) is 38.7 Å². The van der Waals surface area contributed by atoms with Crippen molar-refractivity contribution in [3.8, 4) is 0 Å². The minimum Gasteiger partial charge on any atom is -0.355 e. The molecular formula is C23H26BrF3N4O3. The number of rotatable bonds is 10. The molecule has 2 aromatic rings. The Balaban J connectivity index is 1.97. The van der Waals surface area contributed by atoms with Gasteiger partial charge < -0.3 is 21.3 Å². The maximum absolute atomic E-state index is 12.9. The highest BCUT2D eigenvalue weighted by Crippen LogP contribution is 2.29. The molecule has 11 heteroatoms. The average Bonchev–Trinajstić information content (AvgIpc) is 2.80. The summed E-state index contributed by atoms with van der Waals surface area (Å²) in [7, 11) is 0. The van der Waals surface area contributed by atoms with Crippen molar-refractivity contribution in [1.82, 2.24) is 21.3 Å². The van der Waals surface area contributed by atoms with E-state index in [2.05, 4.69) is 37.2 Å². The number of benzene rings is 2. The van der Waals surface area contributed by atoms with Crippen molar-refractivity contribution in [2.24, 2.45) is 0 Å². The molecule has 0 spiro atoms. The lowest BCUT2D eigenvalue weighted by molar-refractivity contribution is -0.137. The van der Waals surface area contributed by atoms with Crippen molar-refractivity contribution in [3.05, 3.63) is 69.7 Å². The number of likely N-dealkylation sites (N-methyl/N-ethyl adjacent to an activating group) is 1. The van der Waals surface area contributed by atoms with E-state index < -0.39 is 48.1 Å². The summed E-state index contributed by atoms with van der Waals surface area (Å²) < 4.78 is 39.5. The molecule has 0 aliphatic rings. The average molecular weight is 543 g/mol. The minimum absolute atomic E-state index is 0.229. The van der Waals surface area contributed by atoms with E-state index in [1.165, 1.54) is 6.07 Å². The summed E-state index contributed by atoms with van der Waals surface area (Å²) in [6.45, 7) is 3.78. The summed E-state index contributed by atoms with van der Waals surface area (Å²) in [6.07, 6.45) is -4.59. The zero-order valence-electron chi connectivity index (χ0n) is 18.6. The first kappa shape index (κ1) is 27.3. The zero-order valence-corrected chi connectivity index (χ0v) is 20.2. The Morgan fingerprint density at radius 1 is 1.03 bits per heavy atom. The van der Waals surface area contributed by atoms with Gasteiger partial charge in [0.15, 0.2) is 0 Å². The van der Waals surface area contributed by atoms with Gasteiger partial charge in [0.25, 0.3) is 5.91 Å². The molecule has 0 bridgehead atoms. The molecule has 0 aliphatic carbocycles. The van der Waals surface area contributed by atoms with Crippen molar-refractivity contribution in [1.29, 1.82) is 0 Å². The number of alkyl halides is 3. The zero-order chi connectivity index (χ0) is 25.3. The summed E-state index contributed by atoms with van der Waals surface area (Å²) in [5.74, 6) is -1.90. The summed E-state index contributed by atoms with van der Waals surface area (Å²) in [5, 5.41) is 10.7. The molecule has 2 rings (SSSR count). The first-order valence-electron chi connectivity index (χ1n) is 10.5. The molecule has 34 heavy (non-hydrogen) atoms. The second-order valence-corrected chi connectivity index (χ2v) is 8.41. The first-order valence-corrected chi connectivity index (χ1v) is 11.3. The largest absolute Gasteiger partial charge is 0.416 e. The third kappa shape index (κ3) is 8.45. The van der Waals surface area contributed by atoms with Crippen molar-refractivity contribution >= 4 is 33.7 Å². The molecule has 0 aliphatic heterocycles. The number of carbonyl (C=O) groups is 3. The fourth-order valence-electron chi connectivity index (χ4n) is 3.02. The Morgan fingerprint density at radius 2 is 1.71 bits per heavy atom. The molecule has 0 fully saturated rings. The molecule has 0 radical (unpaired) electrons. The van der Waals surface area contributed by atoms with Crippen LogP contribution in [0.25, 0.3) is 0 Å². The van der Waals surface area contributed by atoms with E-state index in [9.17, 15) is 27.6 Å². The molecule has 0 unspecified atom stereocenters. The SMILES string of the molecule is CCNC(=O)[C@@H](NC(=O)CNC(=O)c1cccc(C(F)(F)F)c1)[C@@H](C)NCc1ccc(Br)cc1. The van der Waals surface area contributed by atoms with Crippen molar-refractivity contribution in [3.63, 3.8) is 0 Å². The Kier molecular flexibility index (Phi) is 10.1. The number of carbonyl (C=O) groups excluding carboxylic acids is 3. The van der Waals surface area contributed by atoms with Crippen LogP contribution in [-0.2, 0) is 22.3 Å². The topological polar surface area (TPSA) is 99.3 Å². The van der Waals surface area contributed by atoms with Crippen molar-refractivity contribution < 1.29 is 27.6 Å². The normalized spacial score (nSPS) is 13.0. The van der Waals surface area contributed by atoms with E-state index in [0.717, 1.165) is 22.2 Å². The van der Waals surface area contributed by atoms with E-state index in [-0.39, 0.29) is 5.56 Å². The third-order valence-corrected chi connectivity index (χ3v) is 5.38. The second-order valence-electron chi connectivity index (χ2n) is 7.50. The lowest BCUT2D eigenvalue weighted by Crippen LogP contribution is -2.57. The number of amides is 3. The van der Waals surface area contributed by atoms with Crippen LogP contribution in [0, 0.1) is 0 Å². The van der Waals surface area contributed by atoms with E-state index in [1.54, 1.807) is 13.8 Å². The number of hydrogen-bond acceptors (Lipinski definition) is 4. The molecule has 2 aromatic carbocycles. The van der Waals surface area contributed by atoms with Crippen molar-refractivity contribution in [2.75, 3.05) is 13.1 Å². The van der Waals surface area contributed by atoms with E-state index in [1.807, 2.05) is 24.3 Å². The molecule has 3 amide bonds. The fourth-order valence-corrected chi connectivity index (χ4v) is 3.29. The van der Waals surface area contributed by atoms with Gasteiger partial charge in [0.05, 0.1) is 12.1 Å². The van der Waals surface area contributed by atoms with Crippen LogP contribution in [0.1, 0.15) is 35.3 Å². The van der Waals surface area contributed by atoms with Crippen LogP contribution in [-0.4, -0.2) is 42.9 Å². The van der Waals surface area contributed by atoms with E-state index in [4.69, 9.17) is 0 Å². The Hall–Kier alpha value is -2.92. The summed E-state index contributed by atoms with van der Waals surface area (Å²) in [4.78, 5) is 37.1. The van der Waals surface area contributed by atoms with Gasteiger partial charge in [-0.15, -0.1) is 0 Å². The summed E-state index contributed by atoms with van der Waals surface area (Å²) >= 11 is 3.36. The van der Waals surface area contributed by atoms with E-state index in [0.29, 0.717) is 19.2 Å². The molecule has 0 saturated heterocycles. The Morgan fingerprint density at radius 3 is 2.32 bits per heavy atom. The highest BCUT2D eigenvalue weighted by molar-refractivity contribution is 9.10. The Bertz CT molecular complexity index is 1000. The fraction of sp³-hybridized carbons (Fsp3) is 0.348. The standard InChI is InChI=1S/C23H26BrF3N4O3/c1-3-28-22(34)20(14(2)29-12-15-7-9-18(24)10-8-15)31-19(32)13-30-21(33)16-5-4-6-17(11-16)23(25,26)27/h4-11,14,20,29H,3,12-13H2,1-2H3,(H,28,34)(H,30,33)(H,31,32)/t14-,20+/m1/s1. The van der Waals surface area contributed by atoms with Crippen LogP contribution in [0.15, 0.2) is 53.0 Å². The van der Waals surface area contributed by atoms with Crippen LogP contribution >= 0.6 is 15.9 Å². The van der Waals surface area contributed by atoms with Crippen LogP contribution in [0.5, 0.6) is 0 Å². The lowest BCUT2D eigenvalue weighted by atomic mass is 10.1. The second kappa shape index (κ2) is 12.5. The quantitative estimate of drug-likeness (QED) is 0.371. The molecule has 7 nitrogen and oxygen atoms in total. The van der Waals surface area contributed by atoms with Gasteiger partial charge in [0.1, 0.15) is 6.04 Å². The number of halogens is 4. The maximum atomic E-state index is 12.9. The number of nitrogens with one attached hydrogen (secondary N) is 4. The number of hydrogen-bond donors (Lipinski definition) is 4. The Labute approximate surface area is 204 Å². The summed E-state index contributed by atoms with van der Waals surface area (Å²) in [5.41, 5.74) is -0.219. The predicted molar refractivity (Wildman–Crippen MR) is 125 cm³/mol. The molecule has 0 aromatic heterocycles. The first-order chi connectivity index (χ1) is 16.0. The third-order valence-electron chi connectivity index (χ3n) is 4.85. The van der Waals surface area contributed by atoms with Gasteiger partial charge in [-0.05, 0) is 49.7 Å². The highest BCUT2D eigenvalue weighted by atomic mass is 79.9.